The fourth-order valence-corrected chi connectivity index (χ4v) is 3.58. The van der Waals surface area contributed by atoms with Gasteiger partial charge in [-0.2, -0.15) is 0 Å². The third-order valence-corrected chi connectivity index (χ3v) is 5.27. The van der Waals surface area contributed by atoms with Gasteiger partial charge in [0.2, 0.25) is 0 Å². The molecular weight excluding hydrogens is 318 g/mol. The highest BCUT2D eigenvalue weighted by atomic mass is 32.2. The number of rotatable bonds is 5. The van der Waals surface area contributed by atoms with Gasteiger partial charge < -0.3 is 10.1 Å². The molecule has 4 nitrogen and oxygen atoms in total. The molecule has 2 aromatic carbocycles. The molecule has 24 heavy (non-hydrogen) atoms. The lowest BCUT2D eigenvalue weighted by Gasteiger charge is -2.32. The third-order valence-electron chi connectivity index (χ3n) is 4.26. The fraction of sp³-hybridized carbons (Fsp3) is 0.316. The Morgan fingerprint density at radius 2 is 1.58 bits per heavy atom. The Kier molecular flexibility index (Phi) is 5.91. The molecule has 0 amide bonds. The zero-order valence-corrected chi connectivity index (χ0v) is 14.7. The molecule has 1 aliphatic heterocycles. The summed E-state index contributed by atoms with van der Waals surface area (Å²) in [6, 6.07) is 18.6. The number of benzene rings is 2. The summed E-state index contributed by atoms with van der Waals surface area (Å²) in [4.78, 5) is 7.06. The zero-order valence-electron chi connectivity index (χ0n) is 13.9. The van der Waals surface area contributed by atoms with Gasteiger partial charge in [0, 0.05) is 48.1 Å². The molecule has 126 valence electrons. The normalized spacial score (nSPS) is 17.1. The number of hydrogen-bond acceptors (Lipinski definition) is 5. The van der Waals surface area contributed by atoms with E-state index in [-0.39, 0.29) is 0 Å². The van der Waals surface area contributed by atoms with Gasteiger partial charge in [0.1, 0.15) is 5.71 Å². The van der Waals surface area contributed by atoms with Crippen LogP contribution >= 0.6 is 11.8 Å². The summed E-state index contributed by atoms with van der Waals surface area (Å²) in [6.45, 7) is 4.83. The molecule has 0 saturated carbocycles. The number of hydrogen-bond donors (Lipinski definition) is 1. The molecule has 0 aromatic heterocycles. The van der Waals surface area contributed by atoms with Crippen LogP contribution in [0.25, 0.3) is 0 Å². The molecule has 0 bridgehead atoms. The van der Waals surface area contributed by atoms with Crippen LogP contribution in [0.5, 0.6) is 0 Å². The topological polar surface area (TPSA) is 39.1 Å². The van der Waals surface area contributed by atoms with E-state index in [1.54, 1.807) is 11.8 Å². The smallest absolute Gasteiger partial charge is 0.101 e. The van der Waals surface area contributed by atoms with Crippen LogP contribution in [0.2, 0.25) is 0 Å². The minimum absolute atomic E-state index is 0.690. The summed E-state index contributed by atoms with van der Waals surface area (Å²) in [6.07, 6.45) is 0. The Bertz CT molecular complexity index is 665. The van der Waals surface area contributed by atoms with Gasteiger partial charge in [0.05, 0.1) is 0 Å². The van der Waals surface area contributed by atoms with Crippen molar-refractivity contribution < 1.29 is 5.21 Å². The van der Waals surface area contributed by atoms with Crippen molar-refractivity contribution in [2.45, 2.75) is 9.79 Å². The van der Waals surface area contributed by atoms with Gasteiger partial charge in [-0.3, -0.25) is 4.90 Å². The summed E-state index contributed by atoms with van der Waals surface area (Å²) in [5.41, 5.74) is 1.71. The molecule has 0 aliphatic carbocycles. The first-order valence-corrected chi connectivity index (χ1v) is 9.01. The van der Waals surface area contributed by atoms with Gasteiger partial charge in [0.15, 0.2) is 0 Å². The maximum Gasteiger partial charge on any atom is 0.101 e. The van der Waals surface area contributed by atoms with Crippen molar-refractivity contribution in [2.24, 2.45) is 5.16 Å². The van der Waals surface area contributed by atoms with E-state index in [0.29, 0.717) is 6.54 Å². The van der Waals surface area contributed by atoms with Gasteiger partial charge in [-0.25, -0.2) is 0 Å². The van der Waals surface area contributed by atoms with Crippen LogP contribution < -0.4 is 0 Å². The van der Waals surface area contributed by atoms with Crippen molar-refractivity contribution in [1.29, 1.82) is 0 Å². The summed E-state index contributed by atoms with van der Waals surface area (Å²) >= 11 is 1.73. The second-order valence-electron chi connectivity index (χ2n) is 6.07. The standard InChI is InChI=1S/C19H23N3OS/c1-21-11-13-22(14-12-21)15-19(20-23)16-7-9-18(10-8-16)24-17-5-3-2-4-6-17/h2-10,23H,11-15H2,1H3/b20-19+. The summed E-state index contributed by atoms with van der Waals surface area (Å²) in [7, 11) is 2.14. The van der Waals surface area contributed by atoms with Crippen LogP contribution in [0, 0.1) is 0 Å². The Labute approximate surface area is 147 Å². The van der Waals surface area contributed by atoms with Gasteiger partial charge in [-0.15, -0.1) is 0 Å². The van der Waals surface area contributed by atoms with Crippen LogP contribution in [-0.2, 0) is 0 Å². The number of nitrogens with zero attached hydrogens (tertiary/aromatic N) is 3. The van der Waals surface area contributed by atoms with E-state index in [1.165, 1.54) is 9.79 Å². The molecule has 1 N–H and O–H groups in total. The third kappa shape index (κ3) is 4.60. The van der Waals surface area contributed by atoms with E-state index < -0.39 is 0 Å². The van der Waals surface area contributed by atoms with Crippen molar-refractivity contribution in [3.05, 3.63) is 60.2 Å². The molecule has 1 heterocycles. The maximum atomic E-state index is 9.41. The van der Waals surface area contributed by atoms with Crippen LogP contribution in [0.1, 0.15) is 5.56 Å². The van der Waals surface area contributed by atoms with E-state index in [4.69, 9.17) is 0 Å². The summed E-state index contributed by atoms with van der Waals surface area (Å²) in [5.74, 6) is 0. The predicted molar refractivity (Wildman–Crippen MR) is 99.3 cm³/mol. The second-order valence-corrected chi connectivity index (χ2v) is 7.21. The fourth-order valence-electron chi connectivity index (χ4n) is 2.74. The van der Waals surface area contributed by atoms with E-state index in [9.17, 15) is 5.21 Å². The van der Waals surface area contributed by atoms with E-state index in [1.807, 2.05) is 30.3 Å². The highest BCUT2D eigenvalue weighted by Gasteiger charge is 2.16. The lowest BCUT2D eigenvalue weighted by atomic mass is 10.1. The molecule has 0 atom stereocenters. The van der Waals surface area contributed by atoms with Crippen LogP contribution in [0.15, 0.2) is 69.5 Å². The highest BCUT2D eigenvalue weighted by Crippen LogP contribution is 2.27. The van der Waals surface area contributed by atoms with Gasteiger partial charge in [-0.05, 0) is 31.3 Å². The van der Waals surface area contributed by atoms with Crippen molar-refractivity contribution in [3.63, 3.8) is 0 Å². The molecule has 5 heteroatoms. The minimum atomic E-state index is 0.690. The first-order chi connectivity index (χ1) is 11.7. The van der Waals surface area contributed by atoms with E-state index in [0.717, 1.165) is 37.5 Å². The monoisotopic (exact) mass is 341 g/mol. The molecule has 0 spiro atoms. The van der Waals surface area contributed by atoms with Gasteiger partial charge in [-0.1, -0.05) is 47.2 Å². The number of piperazine rings is 1. The number of oxime groups is 1. The average molecular weight is 341 g/mol. The van der Waals surface area contributed by atoms with Crippen LogP contribution in [-0.4, -0.2) is 60.5 Å². The quantitative estimate of drug-likeness (QED) is 0.515. The van der Waals surface area contributed by atoms with Gasteiger partial charge >= 0.3 is 0 Å². The molecule has 0 unspecified atom stereocenters. The van der Waals surface area contributed by atoms with Gasteiger partial charge in [0.25, 0.3) is 0 Å². The number of likely N-dealkylation sites (N-methyl/N-ethyl adjacent to an activating group) is 1. The zero-order chi connectivity index (χ0) is 16.8. The SMILES string of the molecule is CN1CCN(C/C(=N\O)c2ccc(Sc3ccccc3)cc2)CC1. The predicted octanol–water partition coefficient (Wildman–Crippen LogP) is 3.26. The summed E-state index contributed by atoms with van der Waals surface area (Å²) in [5, 5.41) is 13.0. The minimum Gasteiger partial charge on any atom is -0.411 e. The van der Waals surface area contributed by atoms with Crippen molar-refractivity contribution in [1.82, 2.24) is 9.80 Å². The molecule has 1 fully saturated rings. The molecule has 0 radical (unpaired) electrons. The van der Waals surface area contributed by atoms with Crippen molar-refractivity contribution in [2.75, 3.05) is 39.8 Å². The molecule has 1 aliphatic rings. The lowest BCUT2D eigenvalue weighted by Crippen LogP contribution is -2.46. The van der Waals surface area contributed by atoms with Crippen molar-refractivity contribution in [3.8, 4) is 0 Å². The molecule has 2 aromatic rings. The largest absolute Gasteiger partial charge is 0.411 e. The lowest BCUT2D eigenvalue weighted by molar-refractivity contribution is 0.169. The van der Waals surface area contributed by atoms with E-state index in [2.05, 4.69) is 46.3 Å². The second kappa shape index (κ2) is 8.33. The molecule has 3 rings (SSSR count). The van der Waals surface area contributed by atoms with Crippen LogP contribution in [0.3, 0.4) is 0 Å². The van der Waals surface area contributed by atoms with Crippen LogP contribution in [0.4, 0.5) is 0 Å². The average Bonchev–Trinajstić information content (AvgIpc) is 2.63. The Morgan fingerprint density at radius 1 is 0.958 bits per heavy atom. The maximum absolute atomic E-state index is 9.41. The summed E-state index contributed by atoms with van der Waals surface area (Å²) < 4.78 is 0. The Balaban J connectivity index is 1.63. The first kappa shape index (κ1) is 17.0. The van der Waals surface area contributed by atoms with Crippen molar-refractivity contribution >= 4 is 17.5 Å². The molecular formula is C19H23N3OS. The Morgan fingerprint density at radius 3 is 2.21 bits per heavy atom. The highest BCUT2D eigenvalue weighted by molar-refractivity contribution is 7.99. The van der Waals surface area contributed by atoms with E-state index >= 15 is 0 Å². The first-order valence-electron chi connectivity index (χ1n) is 8.20. The molecule has 1 saturated heterocycles. The Hall–Kier alpha value is -1.82.